The van der Waals surface area contributed by atoms with E-state index in [0.717, 1.165) is 6.54 Å². The van der Waals surface area contributed by atoms with Crippen LogP contribution in [0.5, 0.6) is 0 Å². The molecule has 0 aromatic rings. The zero-order valence-electron chi connectivity index (χ0n) is 6.06. The minimum Gasteiger partial charge on any atom is -0.306 e. The van der Waals surface area contributed by atoms with Gasteiger partial charge in [0.25, 0.3) is 0 Å². The highest BCUT2D eigenvalue weighted by molar-refractivity contribution is 6.01. The summed E-state index contributed by atoms with van der Waals surface area (Å²) < 4.78 is 0. The average molecular weight is 136 g/mol. The molecule has 2 rings (SSSR count). The van der Waals surface area contributed by atoms with Gasteiger partial charge in [0, 0.05) is 0 Å². The normalized spacial score (nSPS) is 24.0. The van der Waals surface area contributed by atoms with Crippen LogP contribution in [0.15, 0.2) is 16.8 Å². The minimum atomic E-state index is 0.929. The molecule has 1 N–H and O–H groups in total. The van der Waals surface area contributed by atoms with Crippen LogP contribution >= 0.6 is 0 Å². The molecule has 0 spiro atoms. The highest BCUT2D eigenvalue weighted by Gasteiger charge is 2.14. The first-order chi connectivity index (χ1) is 4.97. The van der Waals surface area contributed by atoms with Crippen molar-refractivity contribution in [3.8, 4) is 0 Å². The maximum atomic E-state index is 4.25. The Morgan fingerprint density at radius 1 is 1.30 bits per heavy atom. The van der Waals surface area contributed by atoms with Crippen LogP contribution in [0.2, 0.25) is 0 Å². The SMILES string of the molecule is C1=C2CCCCC2=NNC1. The molecule has 1 heterocycles. The lowest BCUT2D eigenvalue weighted by atomic mass is 9.92. The van der Waals surface area contributed by atoms with E-state index >= 15 is 0 Å². The molecule has 0 atom stereocenters. The molecular weight excluding hydrogens is 124 g/mol. The second-order valence-electron chi connectivity index (χ2n) is 2.86. The van der Waals surface area contributed by atoms with Crippen LogP contribution in [0.4, 0.5) is 0 Å². The smallest absolute Gasteiger partial charge is 0.0632 e. The van der Waals surface area contributed by atoms with Crippen molar-refractivity contribution in [2.75, 3.05) is 6.54 Å². The zero-order chi connectivity index (χ0) is 6.81. The quantitative estimate of drug-likeness (QED) is 0.535. The molecule has 2 nitrogen and oxygen atoms in total. The lowest BCUT2D eigenvalue weighted by Gasteiger charge is -2.19. The fraction of sp³-hybridized carbons (Fsp3) is 0.625. The monoisotopic (exact) mass is 136 g/mol. The molecule has 10 heavy (non-hydrogen) atoms. The summed E-state index contributed by atoms with van der Waals surface area (Å²) in [4.78, 5) is 0. The molecule has 0 radical (unpaired) electrons. The van der Waals surface area contributed by atoms with Crippen molar-refractivity contribution >= 4 is 5.71 Å². The molecule has 1 aliphatic heterocycles. The molecule has 0 aromatic heterocycles. The second kappa shape index (κ2) is 2.45. The minimum absolute atomic E-state index is 0.929. The Balaban J connectivity index is 2.19. The van der Waals surface area contributed by atoms with Gasteiger partial charge in [0.2, 0.25) is 0 Å². The van der Waals surface area contributed by atoms with E-state index in [1.165, 1.54) is 37.0 Å². The molecule has 1 fully saturated rings. The van der Waals surface area contributed by atoms with E-state index in [9.17, 15) is 0 Å². The summed E-state index contributed by atoms with van der Waals surface area (Å²) in [6.45, 7) is 0.929. The van der Waals surface area contributed by atoms with Crippen LogP contribution in [0, 0.1) is 0 Å². The van der Waals surface area contributed by atoms with Gasteiger partial charge in [0.1, 0.15) is 0 Å². The third kappa shape index (κ3) is 0.939. The van der Waals surface area contributed by atoms with E-state index in [4.69, 9.17) is 0 Å². The van der Waals surface area contributed by atoms with E-state index in [-0.39, 0.29) is 0 Å². The number of rotatable bonds is 0. The molecule has 0 unspecified atom stereocenters. The van der Waals surface area contributed by atoms with Crippen LogP contribution in [-0.4, -0.2) is 12.3 Å². The third-order valence-corrected chi connectivity index (χ3v) is 2.13. The summed E-state index contributed by atoms with van der Waals surface area (Å²) in [7, 11) is 0. The molecule has 0 saturated heterocycles. The topological polar surface area (TPSA) is 24.4 Å². The molecule has 0 bridgehead atoms. The Bertz CT molecular complexity index is 169. The largest absolute Gasteiger partial charge is 0.306 e. The summed E-state index contributed by atoms with van der Waals surface area (Å²) in [5.41, 5.74) is 5.79. The molecule has 0 amide bonds. The Morgan fingerprint density at radius 2 is 2.20 bits per heavy atom. The van der Waals surface area contributed by atoms with Gasteiger partial charge in [-0.05, 0) is 31.3 Å². The van der Waals surface area contributed by atoms with Gasteiger partial charge < -0.3 is 5.43 Å². The molecule has 2 heteroatoms. The fourth-order valence-corrected chi connectivity index (χ4v) is 1.57. The van der Waals surface area contributed by atoms with Crippen LogP contribution < -0.4 is 5.43 Å². The van der Waals surface area contributed by atoms with Crippen LogP contribution in [0.25, 0.3) is 0 Å². The Kier molecular flexibility index (Phi) is 1.46. The molecular formula is C8H12N2. The third-order valence-electron chi connectivity index (χ3n) is 2.13. The van der Waals surface area contributed by atoms with Crippen molar-refractivity contribution in [2.45, 2.75) is 25.7 Å². The number of hydrazone groups is 1. The van der Waals surface area contributed by atoms with Crippen LogP contribution in [-0.2, 0) is 0 Å². The Labute approximate surface area is 61.0 Å². The van der Waals surface area contributed by atoms with E-state index in [1.807, 2.05) is 0 Å². The van der Waals surface area contributed by atoms with Gasteiger partial charge in [-0.25, -0.2) is 0 Å². The standard InChI is InChI=1S/C8H12N2/c1-2-4-8-7(3-1)5-6-9-10-8/h5,9H,1-4,6H2. The summed E-state index contributed by atoms with van der Waals surface area (Å²) in [5.74, 6) is 0. The zero-order valence-corrected chi connectivity index (χ0v) is 6.06. The van der Waals surface area contributed by atoms with Crippen molar-refractivity contribution in [1.29, 1.82) is 0 Å². The first-order valence-electron chi connectivity index (χ1n) is 3.95. The highest BCUT2D eigenvalue weighted by Crippen LogP contribution is 2.21. The van der Waals surface area contributed by atoms with Crippen molar-refractivity contribution in [1.82, 2.24) is 5.43 Å². The van der Waals surface area contributed by atoms with Crippen LogP contribution in [0.3, 0.4) is 0 Å². The molecule has 1 saturated carbocycles. The molecule has 1 aliphatic carbocycles. The first kappa shape index (κ1) is 5.96. The summed E-state index contributed by atoms with van der Waals surface area (Å²) >= 11 is 0. The van der Waals surface area contributed by atoms with Gasteiger partial charge in [0.15, 0.2) is 0 Å². The van der Waals surface area contributed by atoms with Crippen molar-refractivity contribution in [3.05, 3.63) is 11.6 Å². The van der Waals surface area contributed by atoms with E-state index in [0.29, 0.717) is 0 Å². The number of hydrogen-bond acceptors (Lipinski definition) is 2. The number of fused-ring (bicyclic) bond motifs is 1. The fourth-order valence-electron chi connectivity index (χ4n) is 1.57. The van der Waals surface area contributed by atoms with Gasteiger partial charge in [-0.15, -0.1) is 0 Å². The van der Waals surface area contributed by atoms with Gasteiger partial charge in [-0.3, -0.25) is 0 Å². The summed E-state index contributed by atoms with van der Waals surface area (Å²) in [6, 6.07) is 0. The summed E-state index contributed by atoms with van der Waals surface area (Å²) in [6.07, 6.45) is 7.36. The molecule has 54 valence electrons. The van der Waals surface area contributed by atoms with Gasteiger partial charge in [0.05, 0.1) is 12.3 Å². The van der Waals surface area contributed by atoms with E-state index in [2.05, 4.69) is 16.6 Å². The predicted molar refractivity (Wildman–Crippen MR) is 42.0 cm³/mol. The van der Waals surface area contributed by atoms with Gasteiger partial charge in [-0.1, -0.05) is 6.08 Å². The van der Waals surface area contributed by atoms with Gasteiger partial charge in [-0.2, -0.15) is 5.10 Å². The van der Waals surface area contributed by atoms with Crippen molar-refractivity contribution in [2.24, 2.45) is 5.10 Å². The molecule has 2 aliphatic rings. The summed E-state index contributed by atoms with van der Waals surface area (Å²) in [5, 5.41) is 4.25. The predicted octanol–water partition coefficient (Wildman–Crippen LogP) is 1.45. The Hall–Kier alpha value is -0.790. The number of nitrogens with zero attached hydrogens (tertiary/aromatic N) is 1. The second-order valence-corrected chi connectivity index (χ2v) is 2.86. The lowest BCUT2D eigenvalue weighted by molar-refractivity contribution is 0.696. The maximum Gasteiger partial charge on any atom is 0.0632 e. The van der Waals surface area contributed by atoms with Gasteiger partial charge >= 0.3 is 0 Å². The Morgan fingerprint density at radius 3 is 3.10 bits per heavy atom. The average Bonchev–Trinajstić information content (AvgIpc) is 2.05. The maximum absolute atomic E-state index is 4.25. The van der Waals surface area contributed by atoms with Crippen molar-refractivity contribution < 1.29 is 0 Å². The van der Waals surface area contributed by atoms with E-state index in [1.54, 1.807) is 0 Å². The number of hydrogen-bond donors (Lipinski definition) is 1. The van der Waals surface area contributed by atoms with Crippen LogP contribution in [0.1, 0.15) is 25.7 Å². The van der Waals surface area contributed by atoms with Crippen molar-refractivity contribution in [3.63, 3.8) is 0 Å². The van der Waals surface area contributed by atoms with E-state index < -0.39 is 0 Å². The number of nitrogens with one attached hydrogen (secondary N) is 1. The first-order valence-corrected chi connectivity index (χ1v) is 3.95. The highest BCUT2D eigenvalue weighted by atomic mass is 15.3. The molecule has 0 aromatic carbocycles. The lowest BCUT2D eigenvalue weighted by Crippen LogP contribution is -2.21. The number of allylic oxidation sites excluding steroid dienone is 1.